The van der Waals surface area contributed by atoms with E-state index in [1.807, 2.05) is 13.8 Å². The first-order chi connectivity index (χ1) is 9.86. The van der Waals surface area contributed by atoms with Gasteiger partial charge in [0.25, 0.3) is 5.91 Å². The predicted octanol–water partition coefficient (Wildman–Crippen LogP) is 2.42. The summed E-state index contributed by atoms with van der Waals surface area (Å²) in [7, 11) is 0. The Balaban J connectivity index is 2.27. The minimum absolute atomic E-state index is 0.0395. The summed E-state index contributed by atoms with van der Waals surface area (Å²) in [5.74, 6) is -0.661. The number of hydrogen-bond acceptors (Lipinski definition) is 3. The highest BCUT2D eigenvalue weighted by atomic mass is 19.1. The summed E-state index contributed by atoms with van der Waals surface area (Å²) >= 11 is 0. The van der Waals surface area contributed by atoms with Gasteiger partial charge in [-0.3, -0.25) is 4.79 Å². The van der Waals surface area contributed by atoms with Crippen LogP contribution in [0.2, 0.25) is 0 Å². The maximum Gasteiger partial charge on any atom is 0.257 e. The van der Waals surface area contributed by atoms with Crippen molar-refractivity contribution in [2.75, 3.05) is 19.7 Å². The molecule has 1 amide bonds. The van der Waals surface area contributed by atoms with Crippen molar-refractivity contribution in [1.29, 1.82) is 0 Å². The van der Waals surface area contributed by atoms with Gasteiger partial charge in [-0.05, 0) is 30.9 Å². The third-order valence-electron chi connectivity index (χ3n) is 4.09. The Morgan fingerprint density at radius 3 is 2.86 bits per heavy atom. The summed E-state index contributed by atoms with van der Waals surface area (Å²) in [6, 6.07) is 4.52. The van der Waals surface area contributed by atoms with Gasteiger partial charge in [0.15, 0.2) is 11.6 Å². The van der Waals surface area contributed by atoms with Crippen LogP contribution in [0.15, 0.2) is 18.2 Å². The highest BCUT2D eigenvalue weighted by Crippen LogP contribution is 2.31. The summed E-state index contributed by atoms with van der Waals surface area (Å²) in [4.78, 5) is 14.4. The smallest absolute Gasteiger partial charge is 0.257 e. The lowest BCUT2D eigenvalue weighted by atomic mass is 9.79. The molecule has 1 aromatic rings. The number of rotatable bonds is 3. The molecule has 0 aliphatic carbocycles. The van der Waals surface area contributed by atoms with E-state index in [1.165, 1.54) is 12.1 Å². The molecular weight excluding hydrogens is 271 g/mol. The Bertz CT molecular complexity index is 531. The number of ether oxygens (including phenoxy) is 1. The first-order valence-electron chi connectivity index (χ1n) is 7.33. The van der Waals surface area contributed by atoms with E-state index >= 15 is 0 Å². The number of piperidine rings is 1. The van der Waals surface area contributed by atoms with Crippen molar-refractivity contribution in [2.45, 2.75) is 33.2 Å². The Morgan fingerprint density at radius 2 is 2.24 bits per heavy atom. The van der Waals surface area contributed by atoms with Crippen LogP contribution < -0.4 is 10.5 Å². The zero-order chi connectivity index (χ0) is 15.6. The summed E-state index contributed by atoms with van der Waals surface area (Å²) in [6.07, 6.45) is 0.748. The average Bonchev–Trinajstić information content (AvgIpc) is 2.43. The lowest BCUT2D eigenvalue weighted by Gasteiger charge is -2.42. The summed E-state index contributed by atoms with van der Waals surface area (Å²) < 4.78 is 19.2. The Morgan fingerprint density at radius 1 is 1.52 bits per heavy atom. The molecule has 0 bridgehead atoms. The van der Waals surface area contributed by atoms with E-state index in [1.54, 1.807) is 17.9 Å². The molecular formula is C16H23FN2O2. The van der Waals surface area contributed by atoms with Gasteiger partial charge < -0.3 is 15.4 Å². The van der Waals surface area contributed by atoms with Gasteiger partial charge in [-0.2, -0.15) is 0 Å². The van der Waals surface area contributed by atoms with E-state index in [9.17, 15) is 9.18 Å². The predicted molar refractivity (Wildman–Crippen MR) is 79.8 cm³/mol. The number of nitrogens with two attached hydrogens (primary N) is 1. The van der Waals surface area contributed by atoms with Gasteiger partial charge in [-0.1, -0.05) is 19.9 Å². The van der Waals surface area contributed by atoms with Gasteiger partial charge in [0.1, 0.15) is 0 Å². The largest absolute Gasteiger partial charge is 0.490 e. The molecule has 1 fully saturated rings. The second-order valence-corrected chi connectivity index (χ2v) is 6.16. The highest BCUT2D eigenvalue weighted by Gasteiger charge is 2.36. The van der Waals surface area contributed by atoms with Gasteiger partial charge in [0.2, 0.25) is 0 Å². The monoisotopic (exact) mass is 294 g/mol. The molecule has 0 aromatic heterocycles. The van der Waals surface area contributed by atoms with Crippen LogP contribution in [0, 0.1) is 11.2 Å². The van der Waals surface area contributed by atoms with Crippen LogP contribution >= 0.6 is 0 Å². The number of amides is 1. The zero-order valence-electron chi connectivity index (χ0n) is 12.9. The minimum Gasteiger partial charge on any atom is -0.490 e. The fourth-order valence-electron chi connectivity index (χ4n) is 2.69. The molecule has 2 N–H and O–H groups in total. The number of likely N-dealkylation sites (tertiary alicyclic amines) is 1. The molecule has 5 heteroatoms. The SMILES string of the molecule is CCOc1c(F)cccc1C(=O)N1CCC(N)C(C)(C)C1. The van der Waals surface area contributed by atoms with E-state index in [0.29, 0.717) is 19.7 Å². The van der Waals surface area contributed by atoms with Crippen molar-refractivity contribution in [3.63, 3.8) is 0 Å². The average molecular weight is 294 g/mol. The van der Waals surface area contributed by atoms with Crippen molar-refractivity contribution in [2.24, 2.45) is 11.1 Å². The summed E-state index contributed by atoms with van der Waals surface area (Å²) in [6.45, 7) is 7.33. The molecule has 1 unspecified atom stereocenters. The second kappa shape index (κ2) is 6.02. The van der Waals surface area contributed by atoms with Gasteiger partial charge in [0.05, 0.1) is 12.2 Å². The van der Waals surface area contributed by atoms with Gasteiger partial charge >= 0.3 is 0 Å². The molecule has 2 rings (SSSR count). The molecule has 116 valence electrons. The van der Waals surface area contributed by atoms with E-state index in [4.69, 9.17) is 10.5 Å². The molecule has 1 aliphatic heterocycles. The highest BCUT2D eigenvalue weighted by molar-refractivity contribution is 5.97. The van der Waals surface area contributed by atoms with Crippen molar-refractivity contribution in [1.82, 2.24) is 4.90 Å². The van der Waals surface area contributed by atoms with Gasteiger partial charge in [0, 0.05) is 19.1 Å². The van der Waals surface area contributed by atoms with Crippen molar-refractivity contribution >= 4 is 5.91 Å². The van der Waals surface area contributed by atoms with E-state index in [0.717, 1.165) is 6.42 Å². The lowest BCUT2D eigenvalue weighted by Crippen LogP contribution is -2.54. The van der Waals surface area contributed by atoms with Crippen LogP contribution in [0.1, 0.15) is 37.6 Å². The molecule has 4 nitrogen and oxygen atoms in total. The molecule has 1 heterocycles. The summed E-state index contributed by atoms with van der Waals surface area (Å²) in [5.41, 5.74) is 6.23. The van der Waals surface area contributed by atoms with Crippen molar-refractivity contribution in [3.05, 3.63) is 29.6 Å². The molecule has 1 aromatic carbocycles. The number of carbonyl (C=O) groups excluding carboxylic acids is 1. The van der Waals surface area contributed by atoms with E-state index in [-0.39, 0.29) is 28.7 Å². The number of carbonyl (C=O) groups is 1. The molecule has 1 aliphatic rings. The van der Waals surface area contributed by atoms with Crippen LogP contribution in [0.25, 0.3) is 0 Å². The Hall–Kier alpha value is -1.62. The Labute approximate surface area is 125 Å². The van der Waals surface area contributed by atoms with Crippen LogP contribution in [-0.4, -0.2) is 36.5 Å². The minimum atomic E-state index is -0.504. The number of para-hydroxylation sites is 1. The maximum absolute atomic E-state index is 13.9. The number of hydrogen-bond donors (Lipinski definition) is 1. The zero-order valence-corrected chi connectivity index (χ0v) is 12.9. The second-order valence-electron chi connectivity index (χ2n) is 6.16. The molecule has 0 radical (unpaired) electrons. The Kier molecular flexibility index (Phi) is 4.52. The van der Waals surface area contributed by atoms with Gasteiger partial charge in [-0.15, -0.1) is 0 Å². The third-order valence-corrected chi connectivity index (χ3v) is 4.09. The molecule has 0 saturated carbocycles. The lowest BCUT2D eigenvalue weighted by molar-refractivity contribution is 0.0528. The fourth-order valence-corrected chi connectivity index (χ4v) is 2.69. The summed E-state index contributed by atoms with van der Waals surface area (Å²) in [5, 5.41) is 0. The van der Waals surface area contributed by atoms with Crippen LogP contribution in [-0.2, 0) is 0 Å². The standard InChI is InChI=1S/C16H23FN2O2/c1-4-21-14-11(6-5-7-12(14)17)15(20)19-9-8-13(18)16(2,3)10-19/h5-7,13H,4,8-10,18H2,1-3H3. The third kappa shape index (κ3) is 3.18. The molecule has 0 spiro atoms. The normalized spacial score (nSPS) is 21.2. The molecule has 1 atom stereocenters. The van der Waals surface area contributed by atoms with Crippen molar-refractivity contribution in [3.8, 4) is 5.75 Å². The number of benzene rings is 1. The van der Waals surface area contributed by atoms with Gasteiger partial charge in [-0.25, -0.2) is 4.39 Å². The van der Waals surface area contributed by atoms with Crippen molar-refractivity contribution < 1.29 is 13.9 Å². The fraction of sp³-hybridized carbons (Fsp3) is 0.562. The van der Waals surface area contributed by atoms with Crippen LogP contribution in [0.5, 0.6) is 5.75 Å². The molecule has 1 saturated heterocycles. The topological polar surface area (TPSA) is 55.6 Å². The maximum atomic E-state index is 13.9. The first-order valence-corrected chi connectivity index (χ1v) is 7.33. The van der Waals surface area contributed by atoms with E-state index in [2.05, 4.69) is 0 Å². The molecule has 21 heavy (non-hydrogen) atoms. The number of nitrogens with zero attached hydrogens (tertiary/aromatic N) is 1. The first kappa shape index (κ1) is 15.8. The van der Waals surface area contributed by atoms with Crippen LogP contribution in [0.3, 0.4) is 0 Å². The number of halogens is 1. The van der Waals surface area contributed by atoms with E-state index < -0.39 is 5.82 Å². The quantitative estimate of drug-likeness (QED) is 0.931. The van der Waals surface area contributed by atoms with Crippen LogP contribution in [0.4, 0.5) is 4.39 Å².